The summed E-state index contributed by atoms with van der Waals surface area (Å²) in [6.45, 7) is 0. The van der Waals surface area contributed by atoms with Gasteiger partial charge in [0.2, 0.25) is 0 Å². The van der Waals surface area contributed by atoms with Crippen LogP contribution in [0.5, 0.6) is 5.75 Å². The van der Waals surface area contributed by atoms with Crippen molar-refractivity contribution >= 4 is 21.7 Å². The molecule has 13 heavy (non-hydrogen) atoms. The third kappa shape index (κ3) is 2.84. The molecule has 3 heteroatoms. The molecule has 0 aromatic heterocycles. The Kier molecular flexibility index (Phi) is 3.96. The van der Waals surface area contributed by atoms with Crippen molar-refractivity contribution < 1.29 is 9.53 Å². The van der Waals surface area contributed by atoms with Gasteiger partial charge in [0.25, 0.3) is 0 Å². The van der Waals surface area contributed by atoms with Gasteiger partial charge in [-0.2, -0.15) is 0 Å². The van der Waals surface area contributed by atoms with E-state index in [1.165, 1.54) is 0 Å². The minimum atomic E-state index is 0.135. The molecule has 1 aromatic carbocycles. The Morgan fingerprint density at radius 3 is 2.92 bits per heavy atom. The van der Waals surface area contributed by atoms with Crippen molar-refractivity contribution in [2.24, 2.45) is 0 Å². The molecule has 0 radical (unpaired) electrons. The molecule has 0 aliphatic carbocycles. The van der Waals surface area contributed by atoms with Gasteiger partial charge in [0.15, 0.2) is 5.78 Å². The van der Waals surface area contributed by atoms with Crippen LogP contribution in [-0.2, 0) is 0 Å². The predicted octanol–water partition coefficient (Wildman–Crippen LogP) is 2.66. The number of methoxy groups -OCH3 is 1. The number of hydrogen-bond acceptors (Lipinski definition) is 2. The summed E-state index contributed by atoms with van der Waals surface area (Å²) in [5.41, 5.74) is 0.707. The highest BCUT2D eigenvalue weighted by molar-refractivity contribution is 9.09. The number of Topliss-reactive ketones (excluding diaryl/α,β-unsaturated/α-hetero) is 1. The second kappa shape index (κ2) is 5.02. The minimum absolute atomic E-state index is 0.135. The lowest BCUT2D eigenvalue weighted by Crippen LogP contribution is -1.99. The maximum absolute atomic E-state index is 11.4. The molecule has 0 spiro atoms. The van der Waals surface area contributed by atoms with Crippen LogP contribution >= 0.6 is 15.9 Å². The molecule has 0 N–H and O–H groups in total. The van der Waals surface area contributed by atoms with E-state index in [1.807, 2.05) is 12.1 Å². The van der Waals surface area contributed by atoms with Gasteiger partial charge in [0.05, 0.1) is 7.11 Å². The third-order valence-corrected chi connectivity index (χ3v) is 2.11. The summed E-state index contributed by atoms with van der Waals surface area (Å²) >= 11 is 3.23. The molecule has 0 saturated carbocycles. The van der Waals surface area contributed by atoms with Gasteiger partial charge in [0.1, 0.15) is 5.75 Å². The Bertz CT molecular complexity index is 297. The maximum Gasteiger partial charge on any atom is 0.163 e. The van der Waals surface area contributed by atoms with Gasteiger partial charge in [-0.25, -0.2) is 0 Å². The number of ketones is 1. The van der Waals surface area contributed by atoms with Gasteiger partial charge in [-0.05, 0) is 12.1 Å². The molecule has 70 valence electrons. The Morgan fingerprint density at radius 1 is 1.54 bits per heavy atom. The summed E-state index contributed by atoms with van der Waals surface area (Å²) in [6, 6.07) is 7.20. The van der Waals surface area contributed by atoms with Crippen molar-refractivity contribution in [1.29, 1.82) is 0 Å². The van der Waals surface area contributed by atoms with Crippen LogP contribution in [0.2, 0.25) is 0 Å². The average Bonchev–Trinajstić information content (AvgIpc) is 2.18. The molecule has 0 amide bonds. The van der Waals surface area contributed by atoms with Gasteiger partial charge < -0.3 is 4.74 Å². The molecule has 0 bridgehead atoms. The fourth-order valence-electron chi connectivity index (χ4n) is 1.03. The molecule has 0 heterocycles. The topological polar surface area (TPSA) is 26.3 Å². The zero-order valence-electron chi connectivity index (χ0n) is 7.42. The second-order valence-electron chi connectivity index (χ2n) is 2.59. The monoisotopic (exact) mass is 242 g/mol. The quantitative estimate of drug-likeness (QED) is 0.600. The number of halogens is 1. The molecule has 0 aliphatic heterocycles. The van der Waals surface area contributed by atoms with Gasteiger partial charge >= 0.3 is 0 Å². The third-order valence-electron chi connectivity index (χ3n) is 1.71. The highest BCUT2D eigenvalue weighted by Gasteiger charge is 2.04. The van der Waals surface area contributed by atoms with Crippen molar-refractivity contribution in [3.63, 3.8) is 0 Å². The van der Waals surface area contributed by atoms with E-state index in [2.05, 4.69) is 15.9 Å². The van der Waals surface area contributed by atoms with E-state index in [-0.39, 0.29) is 5.78 Å². The van der Waals surface area contributed by atoms with Crippen LogP contribution in [0, 0.1) is 0 Å². The van der Waals surface area contributed by atoms with E-state index in [4.69, 9.17) is 4.74 Å². The molecule has 0 saturated heterocycles. The lowest BCUT2D eigenvalue weighted by molar-refractivity contribution is 0.0989. The Hall–Kier alpha value is -0.830. The summed E-state index contributed by atoms with van der Waals surface area (Å²) in [5.74, 6) is 0.858. The normalized spacial score (nSPS) is 9.69. The predicted molar refractivity (Wildman–Crippen MR) is 55.7 cm³/mol. The van der Waals surface area contributed by atoms with Crippen molar-refractivity contribution in [3.8, 4) is 5.75 Å². The van der Waals surface area contributed by atoms with Crippen molar-refractivity contribution in [2.45, 2.75) is 6.42 Å². The fourth-order valence-corrected chi connectivity index (χ4v) is 1.39. The minimum Gasteiger partial charge on any atom is -0.497 e. The lowest BCUT2D eigenvalue weighted by atomic mass is 10.1. The van der Waals surface area contributed by atoms with Crippen LogP contribution in [0.3, 0.4) is 0 Å². The van der Waals surface area contributed by atoms with Crippen molar-refractivity contribution in [2.75, 3.05) is 12.4 Å². The number of ether oxygens (including phenoxy) is 1. The zero-order chi connectivity index (χ0) is 9.68. The van der Waals surface area contributed by atoms with E-state index in [1.54, 1.807) is 19.2 Å². The molecule has 0 unspecified atom stereocenters. The molecule has 0 fully saturated rings. The van der Waals surface area contributed by atoms with Gasteiger partial charge in [-0.3, -0.25) is 4.79 Å². The largest absolute Gasteiger partial charge is 0.497 e. The van der Waals surface area contributed by atoms with E-state index >= 15 is 0 Å². The Balaban J connectivity index is 2.82. The average molecular weight is 243 g/mol. The first-order valence-electron chi connectivity index (χ1n) is 4.01. The van der Waals surface area contributed by atoms with Crippen molar-refractivity contribution in [3.05, 3.63) is 29.8 Å². The van der Waals surface area contributed by atoms with Crippen LogP contribution in [0.1, 0.15) is 16.8 Å². The van der Waals surface area contributed by atoms with Crippen LogP contribution in [0.4, 0.5) is 0 Å². The second-order valence-corrected chi connectivity index (χ2v) is 3.39. The van der Waals surface area contributed by atoms with Crippen molar-refractivity contribution in [1.82, 2.24) is 0 Å². The number of carbonyl (C=O) groups excluding carboxylic acids is 1. The Morgan fingerprint density at radius 2 is 2.31 bits per heavy atom. The Labute approximate surface area is 86.0 Å². The van der Waals surface area contributed by atoms with Gasteiger partial charge in [-0.1, -0.05) is 28.1 Å². The summed E-state index contributed by atoms with van der Waals surface area (Å²) in [6.07, 6.45) is 0.521. The molecule has 0 aliphatic rings. The summed E-state index contributed by atoms with van der Waals surface area (Å²) in [4.78, 5) is 11.4. The first-order valence-corrected chi connectivity index (χ1v) is 5.13. The standard InChI is InChI=1S/C10H11BrO2/c1-13-9-4-2-3-8(7-9)10(12)5-6-11/h2-4,7H,5-6H2,1H3. The highest BCUT2D eigenvalue weighted by Crippen LogP contribution is 2.14. The highest BCUT2D eigenvalue weighted by atomic mass is 79.9. The number of alkyl halides is 1. The molecular weight excluding hydrogens is 232 g/mol. The van der Waals surface area contributed by atoms with Gasteiger partial charge in [-0.15, -0.1) is 0 Å². The first-order chi connectivity index (χ1) is 6.27. The van der Waals surface area contributed by atoms with E-state index in [0.29, 0.717) is 17.3 Å². The van der Waals surface area contributed by atoms with E-state index in [0.717, 1.165) is 5.75 Å². The maximum atomic E-state index is 11.4. The van der Waals surface area contributed by atoms with Gasteiger partial charge in [0, 0.05) is 17.3 Å². The summed E-state index contributed by atoms with van der Waals surface area (Å²) < 4.78 is 5.02. The molecule has 2 nitrogen and oxygen atoms in total. The number of hydrogen-bond donors (Lipinski definition) is 0. The first kappa shape index (κ1) is 10.3. The molecule has 0 atom stereocenters. The van der Waals surface area contributed by atoms with E-state index < -0.39 is 0 Å². The molecule has 1 aromatic rings. The molecular formula is C10H11BrO2. The van der Waals surface area contributed by atoms with Crippen LogP contribution in [0.15, 0.2) is 24.3 Å². The smallest absolute Gasteiger partial charge is 0.163 e. The zero-order valence-corrected chi connectivity index (χ0v) is 9.00. The summed E-state index contributed by atoms with van der Waals surface area (Å²) in [7, 11) is 1.59. The molecule has 1 rings (SSSR count). The fraction of sp³-hybridized carbons (Fsp3) is 0.300. The SMILES string of the molecule is COc1cccc(C(=O)CCBr)c1. The number of carbonyl (C=O) groups is 1. The summed E-state index contributed by atoms with van der Waals surface area (Å²) in [5, 5.41) is 0.697. The van der Waals surface area contributed by atoms with E-state index in [9.17, 15) is 4.79 Å². The number of rotatable bonds is 4. The van der Waals surface area contributed by atoms with Crippen LogP contribution in [-0.4, -0.2) is 18.2 Å². The lowest BCUT2D eigenvalue weighted by Gasteiger charge is -2.02. The van der Waals surface area contributed by atoms with Crippen LogP contribution in [0.25, 0.3) is 0 Å². The van der Waals surface area contributed by atoms with Crippen LogP contribution < -0.4 is 4.74 Å². The number of benzene rings is 1.